The number of hydrogen-bond donors (Lipinski definition) is 2. The second-order valence-electron chi connectivity index (χ2n) is 5.96. The third-order valence-electron chi connectivity index (χ3n) is 4.10. The molecule has 1 aromatic carbocycles. The number of nitrogens with one attached hydrogen (secondary N) is 2. The Morgan fingerprint density at radius 2 is 1.83 bits per heavy atom. The van der Waals surface area contributed by atoms with Crippen LogP contribution in [0.5, 0.6) is 0 Å². The van der Waals surface area contributed by atoms with Crippen molar-refractivity contribution in [2.75, 3.05) is 26.2 Å². The Labute approximate surface area is 138 Å². The molecule has 1 heterocycles. The van der Waals surface area contributed by atoms with Crippen molar-refractivity contribution in [3.8, 4) is 0 Å². The molecule has 5 nitrogen and oxygen atoms in total. The van der Waals surface area contributed by atoms with E-state index >= 15 is 0 Å². The fourth-order valence-corrected chi connectivity index (χ4v) is 2.77. The van der Waals surface area contributed by atoms with Crippen molar-refractivity contribution in [2.24, 2.45) is 0 Å². The number of likely N-dealkylation sites (tertiary alicyclic amines) is 1. The predicted molar refractivity (Wildman–Crippen MR) is 91.2 cm³/mol. The van der Waals surface area contributed by atoms with Crippen LogP contribution in [0, 0.1) is 0 Å². The number of rotatable bonds is 7. The molecular formula is C18H27N3O2. The van der Waals surface area contributed by atoms with Crippen LogP contribution in [0.4, 0.5) is 4.79 Å². The molecule has 0 radical (unpaired) electrons. The van der Waals surface area contributed by atoms with Crippen LogP contribution in [-0.4, -0.2) is 43.0 Å². The van der Waals surface area contributed by atoms with Crippen LogP contribution in [0.15, 0.2) is 30.3 Å². The van der Waals surface area contributed by atoms with Gasteiger partial charge in [0.25, 0.3) is 0 Å². The first-order valence-electron chi connectivity index (χ1n) is 8.59. The molecule has 1 aromatic rings. The zero-order valence-electron chi connectivity index (χ0n) is 13.7. The number of hydrogen-bond acceptors (Lipinski definition) is 2. The van der Waals surface area contributed by atoms with Crippen molar-refractivity contribution in [3.05, 3.63) is 35.9 Å². The van der Waals surface area contributed by atoms with E-state index in [4.69, 9.17) is 0 Å². The fraction of sp³-hybridized carbons (Fsp3) is 0.556. The molecule has 0 unspecified atom stereocenters. The zero-order valence-corrected chi connectivity index (χ0v) is 13.7. The molecule has 1 fully saturated rings. The molecule has 0 aliphatic carbocycles. The summed E-state index contributed by atoms with van der Waals surface area (Å²) in [5.41, 5.74) is 1.22. The van der Waals surface area contributed by atoms with Gasteiger partial charge >= 0.3 is 6.03 Å². The highest BCUT2D eigenvalue weighted by Crippen LogP contribution is 2.11. The second-order valence-corrected chi connectivity index (χ2v) is 5.96. The number of urea groups is 1. The number of benzene rings is 1. The van der Waals surface area contributed by atoms with Gasteiger partial charge in [-0.2, -0.15) is 0 Å². The van der Waals surface area contributed by atoms with Gasteiger partial charge in [-0.05, 0) is 31.2 Å². The molecule has 0 saturated carbocycles. The Kier molecular flexibility index (Phi) is 7.43. The van der Waals surface area contributed by atoms with Gasteiger partial charge in [0.15, 0.2) is 0 Å². The Hall–Kier alpha value is -2.04. The zero-order chi connectivity index (χ0) is 16.3. The summed E-state index contributed by atoms with van der Waals surface area (Å²) in [6.07, 6.45) is 5.56. The molecular weight excluding hydrogens is 290 g/mol. The SMILES string of the molecule is O=C(NCCCN1CCCCCC1=O)NCCc1ccccc1. The van der Waals surface area contributed by atoms with Crippen LogP contribution in [0.1, 0.15) is 37.7 Å². The van der Waals surface area contributed by atoms with Gasteiger partial charge in [0.05, 0.1) is 0 Å². The van der Waals surface area contributed by atoms with E-state index in [0.29, 0.717) is 19.5 Å². The second kappa shape index (κ2) is 9.87. The third kappa shape index (κ3) is 6.72. The number of carbonyl (C=O) groups excluding carboxylic acids is 2. The molecule has 0 atom stereocenters. The van der Waals surface area contributed by atoms with Gasteiger partial charge in [-0.25, -0.2) is 4.79 Å². The molecule has 1 saturated heterocycles. The van der Waals surface area contributed by atoms with Crippen molar-refractivity contribution < 1.29 is 9.59 Å². The maximum absolute atomic E-state index is 11.8. The first kappa shape index (κ1) is 17.3. The predicted octanol–water partition coefficient (Wildman–Crippen LogP) is 2.32. The van der Waals surface area contributed by atoms with E-state index in [-0.39, 0.29) is 11.9 Å². The Morgan fingerprint density at radius 3 is 2.65 bits per heavy atom. The molecule has 126 valence electrons. The van der Waals surface area contributed by atoms with E-state index in [9.17, 15) is 9.59 Å². The van der Waals surface area contributed by atoms with Crippen molar-refractivity contribution in [2.45, 2.75) is 38.5 Å². The third-order valence-corrected chi connectivity index (χ3v) is 4.10. The summed E-state index contributed by atoms with van der Waals surface area (Å²) in [5.74, 6) is 0.259. The molecule has 5 heteroatoms. The van der Waals surface area contributed by atoms with E-state index in [1.807, 2.05) is 23.1 Å². The van der Waals surface area contributed by atoms with E-state index in [2.05, 4.69) is 22.8 Å². The normalized spacial score (nSPS) is 15.1. The van der Waals surface area contributed by atoms with E-state index in [0.717, 1.165) is 45.2 Å². The summed E-state index contributed by atoms with van der Waals surface area (Å²) in [6.45, 7) is 2.83. The van der Waals surface area contributed by atoms with Gasteiger partial charge in [-0.15, -0.1) is 0 Å². The van der Waals surface area contributed by atoms with Gasteiger partial charge in [0, 0.05) is 32.6 Å². The highest BCUT2D eigenvalue weighted by Gasteiger charge is 2.15. The minimum Gasteiger partial charge on any atom is -0.343 e. The van der Waals surface area contributed by atoms with Crippen LogP contribution in [0.25, 0.3) is 0 Å². The summed E-state index contributed by atoms with van der Waals surface area (Å²) >= 11 is 0. The van der Waals surface area contributed by atoms with Crippen molar-refractivity contribution in [3.63, 3.8) is 0 Å². The summed E-state index contributed by atoms with van der Waals surface area (Å²) in [4.78, 5) is 25.5. The maximum Gasteiger partial charge on any atom is 0.314 e. The smallest absolute Gasteiger partial charge is 0.314 e. The van der Waals surface area contributed by atoms with Crippen molar-refractivity contribution in [1.29, 1.82) is 0 Å². The largest absolute Gasteiger partial charge is 0.343 e. The lowest BCUT2D eigenvalue weighted by Crippen LogP contribution is -2.39. The Bertz CT molecular complexity index is 490. The van der Waals surface area contributed by atoms with E-state index < -0.39 is 0 Å². The van der Waals surface area contributed by atoms with Crippen molar-refractivity contribution in [1.82, 2.24) is 15.5 Å². The molecule has 3 amide bonds. The van der Waals surface area contributed by atoms with E-state index in [1.54, 1.807) is 0 Å². The van der Waals surface area contributed by atoms with E-state index in [1.165, 1.54) is 5.56 Å². The van der Waals surface area contributed by atoms with Gasteiger partial charge in [0.2, 0.25) is 5.91 Å². The summed E-state index contributed by atoms with van der Waals surface area (Å²) in [5, 5.41) is 5.71. The Morgan fingerprint density at radius 1 is 1.04 bits per heavy atom. The van der Waals surface area contributed by atoms with Crippen LogP contribution < -0.4 is 10.6 Å². The van der Waals surface area contributed by atoms with Crippen LogP contribution in [0.2, 0.25) is 0 Å². The molecule has 23 heavy (non-hydrogen) atoms. The van der Waals surface area contributed by atoms with Crippen LogP contribution >= 0.6 is 0 Å². The average Bonchev–Trinajstić information content (AvgIpc) is 2.77. The molecule has 1 aliphatic rings. The molecule has 2 N–H and O–H groups in total. The molecule has 2 rings (SSSR count). The van der Waals surface area contributed by atoms with Gasteiger partial charge in [-0.1, -0.05) is 36.8 Å². The number of carbonyl (C=O) groups is 2. The highest BCUT2D eigenvalue weighted by atomic mass is 16.2. The lowest BCUT2D eigenvalue weighted by molar-refractivity contribution is -0.130. The minimum atomic E-state index is -0.136. The average molecular weight is 317 g/mol. The minimum absolute atomic E-state index is 0.136. The molecule has 0 spiro atoms. The van der Waals surface area contributed by atoms with Gasteiger partial charge < -0.3 is 15.5 Å². The van der Waals surface area contributed by atoms with Crippen LogP contribution in [0.3, 0.4) is 0 Å². The quantitative estimate of drug-likeness (QED) is 0.758. The first-order chi connectivity index (χ1) is 11.3. The standard InChI is InChI=1S/C18H27N3O2/c22-17-10-5-2-6-14-21(17)15-7-12-19-18(23)20-13-11-16-8-3-1-4-9-16/h1,3-4,8-9H,2,5-7,10-15H2,(H2,19,20,23). The summed E-state index contributed by atoms with van der Waals surface area (Å²) in [7, 11) is 0. The molecule has 0 aromatic heterocycles. The number of nitrogens with zero attached hydrogens (tertiary/aromatic N) is 1. The Balaban J connectivity index is 1.53. The fourth-order valence-electron chi connectivity index (χ4n) is 2.77. The highest BCUT2D eigenvalue weighted by molar-refractivity contribution is 5.76. The topological polar surface area (TPSA) is 61.4 Å². The first-order valence-corrected chi connectivity index (χ1v) is 8.59. The lowest BCUT2D eigenvalue weighted by Gasteiger charge is -2.20. The maximum atomic E-state index is 11.8. The molecule has 0 bridgehead atoms. The molecule has 1 aliphatic heterocycles. The monoisotopic (exact) mass is 317 g/mol. The summed E-state index contributed by atoms with van der Waals surface area (Å²) in [6, 6.07) is 9.95. The van der Waals surface area contributed by atoms with Gasteiger partial charge in [-0.3, -0.25) is 4.79 Å². The number of amides is 3. The van der Waals surface area contributed by atoms with Crippen LogP contribution in [-0.2, 0) is 11.2 Å². The van der Waals surface area contributed by atoms with Crippen molar-refractivity contribution >= 4 is 11.9 Å². The lowest BCUT2D eigenvalue weighted by atomic mass is 10.1. The summed E-state index contributed by atoms with van der Waals surface area (Å²) < 4.78 is 0. The van der Waals surface area contributed by atoms with Gasteiger partial charge in [0.1, 0.15) is 0 Å².